The van der Waals surface area contributed by atoms with Crippen molar-refractivity contribution in [3.8, 4) is 0 Å². The number of piperidine rings is 1. The van der Waals surface area contributed by atoms with Gasteiger partial charge in [0.2, 0.25) is 0 Å². The average molecular weight is 333 g/mol. The number of nitrogens with one attached hydrogen (secondary N) is 1. The number of nitro benzene ring substituents is 1. The largest absolute Gasteiger partial charge is 0.352 e. The first-order valence-electron chi connectivity index (χ1n) is 8.80. The highest BCUT2D eigenvalue weighted by Crippen LogP contribution is 2.20. The molecule has 24 heavy (non-hydrogen) atoms. The highest BCUT2D eigenvalue weighted by atomic mass is 16.6. The molecule has 1 atom stereocenters. The zero-order chi connectivity index (χ0) is 17.5. The third-order valence-electron chi connectivity index (χ3n) is 4.80. The van der Waals surface area contributed by atoms with E-state index in [2.05, 4.69) is 17.1 Å². The van der Waals surface area contributed by atoms with Crippen molar-refractivity contribution in [3.05, 3.63) is 39.4 Å². The predicted octanol–water partition coefficient (Wildman–Crippen LogP) is 3.29. The maximum atomic E-state index is 12.2. The Morgan fingerprint density at radius 3 is 2.92 bits per heavy atom. The zero-order valence-corrected chi connectivity index (χ0v) is 14.6. The van der Waals surface area contributed by atoms with E-state index in [4.69, 9.17) is 0 Å². The van der Waals surface area contributed by atoms with Gasteiger partial charge in [-0.05, 0) is 45.2 Å². The van der Waals surface area contributed by atoms with Crippen LogP contribution in [0.4, 0.5) is 5.69 Å². The third kappa shape index (κ3) is 4.77. The van der Waals surface area contributed by atoms with Crippen LogP contribution in [-0.2, 0) is 0 Å². The van der Waals surface area contributed by atoms with Crippen molar-refractivity contribution in [2.45, 2.75) is 52.0 Å². The third-order valence-corrected chi connectivity index (χ3v) is 4.80. The summed E-state index contributed by atoms with van der Waals surface area (Å²) in [6.07, 6.45) is 5.93. The molecule has 0 unspecified atom stereocenters. The fourth-order valence-electron chi connectivity index (χ4n) is 3.35. The van der Waals surface area contributed by atoms with Crippen molar-refractivity contribution in [2.75, 3.05) is 19.6 Å². The molecular weight excluding hydrogens is 306 g/mol. The number of hydrogen-bond donors (Lipinski definition) is 1. The fourth-order valence-corrected chi connectivity index (χ4v) is 3.35. The van der Waals surface area contributed by atoms with Crippen molar-refractivity contribution < 1.29 is 9.72 Å². The molecule has 1 aromatic rings. The molecule has 1 N–H and O–H groups in total. The summed E-state index contributed by atoms with van der Waals surface area (Å²) in [6, 6.07) is 5.28. The monoisotopic (exact) mass is 333 g/mol. The standard InChI is InChI=1S/C18H27N3O3/c1-3-16-7-4-5-11-20(16)12-6-10-19-18(22)15-9-8-14(2)17(13-15)21(23)24/h8-9,13,16H,3-7,10-12H2,1-2H3,(H,19,22)/t16-/m0/s1. The normalized spacial score (nSPS) is 18.3. The molecule has 1 aliphatic heterocycles. The number of carbonyl (C=O) groups is 1. The lowest BCUT2D eigenvalue weighted by molar-refractivity contribution is -0.385. The molecule has 1 heterocycles. The molecule has 1 aliphatic rings. The van der Waals surface area contributed by atoms with Crippen LogP contribution in [0.5, 0.6) is 0 Å². The van der Waals surface area contributed by atoms with Gasteiger partial charge in [0.05, 0.1) is 4.92 Å². The van der Waals surface area contributed by atoms with Crippen LogP contribution in [0, 0.1) is 17.0 Å². The maximum absolute atomic E-state index is 12.2. The van der Waals surface area contributed by atoms with E-state index in [1.807, 2.05) is 0 Å². The van der Waals surface area contributed by atoms with Crippen molar-refractivity contribution in [3.63, 3.8) is 0 Å². The summed E-state index contributed by atoms with van der Waals surface area (Å²) in [7, 11) is 0. The molecule has 0 saturated carbocycles. The first-order valence-corrected chi connectivity index (χ1v) is 8.80. The van der Waals surface area contributed by atoms with E-state index in [9.17, 15) is 14.9 Å². The van der Waals surface area contributed by atoms with Crippen LogP contribution < -0.4 is 5.32 Å². The summed E-state index contributed by atoms with van der Waals surface area (Å²) in [4.78, 5) is 25.2. The van der Waals surface area contributed by atoms with E-state index in [-0.39, 0.29) is 11.6 Å². The Bertz CT molecular complexity index is 589. The molecule has 1 saturated heterocycles. The summed E-state index contributed by atoms with van der Waals surface area (Å²) in [5, 5.41) is 13.8. The minimum Gasteiger partial charge on any atom is -0.352 e. The van der Waals surface area contributed by atoms with Gasteiger partial charge in [-0.15, -0.1) is 0 Å². The predicted molar refractivity (Wildman–Crippen MR) is 94.3 cm³/mol. The molecule has 0 bridgehead atoms. The van der Waals surface area contributed by atoms with E-state index in [1.54, 1.807) is 19.1 Å². The number of rotatable bonds is 7. The Labute approximate surface area is 143 Å². The number of nitro groups is 1. The minimum absolute atomic E-state index is 0.0123. The zero-order valence-electron chi connectivity index (χ0n) is 14.6. The fraction of sp³-hybridized carbons (Fsp3) is 0.611. The van der Waals surface area contributed by atoms with Gasteiger partial charge in [0, 0.05) is 36.3 Å². The molecule has 0 aliphatic carbocycles. The van der Waals surface area contributed by atoms with Gasteiger partial charge in [-0.25, -0.2) is 0 Å². The topological polar surface area (TPSA) is 75.5 Å². The number of hydrogen-bond acceptors (Lipinski definition) is 4. The van der Waals surface area contributed by atoms with Gasteiger partial charge in [0.15, 0.2) is 0 Å². The molecule has 0 radical (unpaired) electrons. The lowest BCUT2D eigenvalue weighted by atomic mass is 10.00. The Morgan fingerprint density at radius 1 is 1.42 bits per heavy atom. The van der Waals surface area contributed by atoms with Crippen LogP contribution in [-0.4, -0.2) is 41.4 Å². The van der Waals surface area contributed by atoms with Crippen LogP contribution in [0.15, 0.2) is 18.2 Å². The van der Waals surface area contributed by atoms with Crippen LogP contribution in [0.25, 0.3) is 0 Å². The molecule has 1 amide bonds. The van der Waals surface area contributed by atoms with Crippen LogP contribution in [0.1, 0.15) is 54.9 Å². The highest BCUT2D eigenvalue weighted by molar-refractivity contribution is 5.94. The summed E-state index contributed by atoms with van der Waals surface area (Å²) in [5.41, 5.74) is 0.894. The van der Waals surface area contributed by atoms with E-state index < -0.39 is 4.92 Å². The van der Waals surface area contributed by atoms with Gasteiger partial charge in [0.25, 0.3) is 11.6 Å². The number of benzene rings is 1. The molecule has 6 nitrogen and oxygen atoms in total. The molecule has 132 valence electrons. The van der Waals surface area contributed by atoms with Gasteiger partial charge >= 0.3 is 0 Å². The van der Waals surface area contributed by atoms with Crippen molar-refractivity contribution >= 4 is 11.6 Å². The Balaban J connectivity index is 1.81. The van der Waals surface area contributed by atoms with Crippen molar-refractivity contribution in [2.24, 2.45) is 0 Å². The number of aryl methyl sites for hydroxylation is 1. The summed E-state index contributed by atoms with van der Waals surface area (Å²) < 4.78 is 0. The maximum Gasteiger partial charge on any atom is 0.273 e. The van der Waals surface area contributed by atoms with E-state index in [1.165, 1.54) is 31.7 Å². The molecule has 6 heteroatoms. The lowest BCUT2D eigenvalue weighted by Crippen LogP contribution is -2.40. The van der Waals surface area contributed by atoms with Gasteiger partial charge in [-0.1, -0.05) is 19.4 Å². The second kappa shape index (κ2) is 8.78. The van der Waals surface area contributed by atoms with Crippen LogP contribution in [0.2, 0.25) is 0 Å². The summed E-state index contributed by atoms with van der Waals surface area (Å²) >= 11 is 0. The summed E-state index contributed by atoms with van der Waals surface area (Å²) in [5.74, 6) is -0.246. The molecular formula is C18H27N3O3. The van der Waals surface area contributed by atoms with Crippen molar-refractivity contribution in [1.29, 1.82) is 0 Å². The van der Waals surface area contributed by atoms with E-state index in [0.29, 0.717) is 23.7 Å². The molecule has 0 aromatic heterocycles. The highest BCUT2D eigenvalue weighted by Gasteiger charge is 2.20. The first-order chi connectivity index (χ1) is 11.5. The van der Waals surface area contributed by atoms with Crippen LogP contribution >= 0.6 is 0 Å². The molecule has 2 rings (SSSR count). The molecule has 1 fully saturated rings. The smallest absolute Gasteiger partial charge is 0.273 e. The van der Waals surface area contributed by atoms with E-state index in [0.717, 1.165) is 19.5 Å². The number of amides is 1. The minimum atomic E-state index is -0.451. The second-order valence-corrected chi connectivity index (χ2v) is 6.46. The Hall–Kier alpha value is -1.95. The van der Waals surface area contributed by atoms with Gasteiger partial charge in [0.1, 0.15) is 0 Å². The second-order valence-electron chi connectivity index (χ2n) is 6.46. The number of likely N-dealkylation sites (tertiary alicyclic amines) is 1. The Morgan fingerprint density at radius 2 is 2.21 bits per heavy atom. The first kappa shape index (κ1) is 18.4. The molecule has 1 aromatic carbocycles. The van der Waals surface area contributed by atoms with Crippen molar-refractivity contribution in [1.82, 2.24) is 10.2 Å². The lowest BCUT2D eigenvalue weighted by Gasteiger charge is -2.35. The summed E-state index contributed by atoms with van der Waals surface area (Å²) in [6.45, 7) is 6.63. The van der Waals surface area contributed by atoms with Crippen LogP contribution in [0.3, 0.4) is 0 Å². The van der Waals surface area contributed by atoms with E-state index >= 15 is 0 Å². The Kier molecular flexibility index (Phi) is 6.73. The van der Waals surface area contributed by atoms with Gasteiger partial charge < -0.3 is 10.2 Å². The number of nitrogens with zero attached hydrogens (tertiary/aromatic N) is 2. The van der Waals surface area contributed by atoms with Gasteiger partial charge in [-0.3, -0.25) is 14.9 Å². The quantitative estimate of drug-likeness (QED) is 0.472. The van der Waals surface area contributed by atoms with Gasteiger partial charge in [-0.2, -0.15) is 0 Å². The number of carbonyl (C=O) groups excluding carboxylic acids is 1. The molecule has 0 spiro atoms. The SMILES string of the molecule is CC[C@H]1CCCCN1CCCNC(=O)c1ccc(C)c([N+](=O)[O-])c1. The average Bonchev–Trinajstić information content (AvgIpc) is 2.59.